The highest BCUT2D eigenvalue weighted by atomic mass is 19.1. The summed E-state index contributed by atoms with van der Waals surface area (Å²) in [5, 5.41) is 2.64. The summed E-state index contributed by atoms with van der Waals surface area (Å²) in [6.45, 7) is 1.61. The molecule has 0 spiro atoms. The quantitative estimate of drug-likeness (QED) is 0.862. The maximum atomic E-state index is 13.9. The summed E-state index contributed by atoms with van der Waals surface area (Å²) in [5.41, 5.74) is -0.581. The summed E-state index contributed by atoms with van der Waals surface area (Å²) in [5.74, 6) is -1.11. The summed E-state index contributed by atoms with van der Waals surface area (Å²) in [6.07, 6.45) is 0. The van der Waals surface area contributed by atoms with Crippen LogP contribution >= 0.6 is 0 Å². The molecule has 1 aliphatic heterocycles. The first-order chi connectivity index (χ1) is 10.0. The molecule has 0 saturated carbocycles. The van der Waals surface area contributed by atoms with Gasteiger partial charge < -0.3 is 5.32 Å². The van der Waals surface area contributed by atoms with Gasteiger partial charge in [-0.1, -0.05) is 42.5 Å². The van der Waals surface area contributed by atoms with E-state index in [9.17, 15) is 14.0 Å². The fraction of sp³-hybridized carbons (Fsp3) is 0.125. The van der Waals surface area contributed by atoms with Crippen molar-refractivity contribution in [3.8, 4) is 0 Å². The Morgan fingerprint density at radius 3 is 2.29 bits per heavy atom. The van der Waals surface area contributed by atoms with Crippen molar-refractivity contribution in [2.24, 2.45) is 0 Å². The van der Waals surface area contributed by atoms with Gasteiger partial charge in [0.1, 0.15) is 11.4 Å². The van der Waals surface area contributed by atoms with E-state index in [4.69, 9.17) is 0 Å². The van der Waals surface area contributed by atoms with Crippen molar-refractivity contribution in [3.05, 3.63) is 66.0 Å². The third-order valence-electron chi connectivity index (χ3n) is 3.64. The second-order valence-electron chi connectivity index (χ2n) is 5.01. The van der Waals surface area contributed by atoms with Crippen LogP contribution in [0.1, 0.15) is 12.5 Å². The van der Waals surface area contributed by atoms with Crippen molar-refractivity contribution in [1.82, 2.24) is 5.32 Å². The molecule has 106 valence electrons. The number of hydrogen-bond acceptors (Lipinski definition) is 2. The van der Waals surface area contributed by atoms with Crippen LogP contribution in [0.5, 0.6) is 0 Å². The zero-order valence-electron chi connectivity index (χ0n) is 11.3. The van der Waals surface area contributed by atoms with Gasteiger partial charge >= 0.3 is 6.03 Å². The van der Waals surface area contributed by atoms with Gasteiger partial charge in [0, 0.05) is 0 Å². The topological polar surface area (TPSA) is 49.4 Å². The number of amides is 3. The number of imide groups is 1. The Bertz CT molecular complexity index is 717. The summed E-state index contributed by atoms with van der Waals surface area (Å²) in [6, 6.07) is 14.0. The second-order valence-corrected chi connectivity index (χ2v) is 5.01. The minimum atomic E-state index is -1.19. The summed E-state index contributed by atoms with van der Waals surface area (Å²) >= 11 is 0. The predicted octanol–water partition coefficient (Wildman–Crippen LogP) is 2.80. The largest absolute Gasteiger partial charge is 0.330 e. The molecule has 1 unspecified atom stereocenters. The molecule has 4 nitrogen and oxygen atoms in total. The monoisotopic (exact) mass is 284 g/mol. The van der Waals surface area contributed by atoms with E-state index >= 15 is 0 Å². The van der Waals surface area contributed by atoms with Gasteiger partial charge in [-0.3, -0.25) is 4.79 Å². The van der Waals surface area contributed by atoms with Gasteiger partial charge in [0.05, 0.1) is 5.69 Å². The highest BCUT2D eigenvalue weighted by Gasteiger charge is 2.50. The Hall–Kier alpha value is -2.69. The molecule has 0 aliphatic carbocycles. The average molecular weight is 284 g/mol. The Labute approximate surface area is 121 Å². The van der Waals surface area contributed by atoms with Crippen LogP contribution < -0.4 is 10.2 Å². The highest BCUT2D eigenvalue weighted by Crippen LogP contribution is 2.32. The van der Waals surface area contributed by atoms with Crippen LogP contribution in [0.3, 0.4) is 0 Å². The van der Waals surface area contributed by atoms with E-state index in [-0.39, 0.29) is 5.69 Å². The lowest BCUT2D eigenvalue weighted by Crippen LogP contribution is -2.40. The summed E-state index contributed by atoms with van der Waals surface area (Å²) in [4.78, 5) is 25.7. The van der Waals surface area contributed by atoms with Crippen molar-refractivity contribution in [2.45, 2.75) is 12.5 Å². The van der Waals surface area contributed by atoms with Crippen LogP contribution in [-0.2, 0) is 10.3 Å². The van der Waals surface area contributed by atoms with Gasteiger partial charge in [-0.25, -0.2) is 14.1 Å². The minimum absolute atomic E-state index is 0.0420. The van der Waals surface area contributed by atoms with E-state index in [1.807, 2.05) is 6.07 Å². The van der Waals surface area contributed by atoms with E-state index in [2.05, 4.69) is 5.32 Å². The lowest BCUT2D eigenvalue weighted by molar-refractivity contribution is -0.121. The van der Waals surface area contributed by atoms with E-state index in [0.29, 0.717) is 5.56 Å². The van der Waals surface area contributed by atoms with E-state index < -0.39 is 23.3 Å². The molecule has 3 rings (SSSR count). The number of benzene rings is 2. The minimum Gasteiger partial charge on any atom is -0.319 e. The number of anilines is 1. The first-order valence-electron chi connectivity index (χ1n) is 6.51. The zero-order valence-corrected chi connectivity index (χ0v) is 11.3. The molecule has 1 fully saturated rings. The Morgan fingerprint density at radius 2 is 1.62 bits per heavy atom. The molecule has 1 atom stereocenters. The van der Waals surface area contributed by atoms with E-state index in [0.717, 1.165) is 4.90 Å². The summed E-state index contributed by atoms with van der Waals surface area (Å²) < 4.78 is 13.9. The Balaban J connectivity index is 2.06. The van der Waals surface area contributed by atoms with Crippen molar-refractivity contribution in [3.63, 3.8) is 0 Å². The maximum absolute atomic E-state index is 13.9. The first kappa shape index (κ1) is 13.3. The van der Waals surface area contributed by atoms with Gasteiger partial charge in [-0.15, -0.1) is 0 Å². The van der Waals surface area contributed by atoms with Crippen molar-refractivity contribution in [2.75, 3.05) is 4.90 Å². The van der Waals surface area contributed by atoms with Gasteiger partial charge in [-0.2, -0.15) is 0 Å². The van der Waals surface area contributed by atoms with Gasteiger partial charge in [0.25, 0.3) is 5.91 Å². The molecule has 0 radical (unpaired) electrons. The molecule has 21 heavy (non-hydrogen) atoms. The highest BCUT2D eigenvalue weighted by molar-refractivity contribution is 6.23. The number of carbonyl (C=O) groups excluding carboxylic acids is 2. The van der Waals surface area contributed by atoms with Crippen molar-refractivity contribution < 1.29 is 14.0 Å². The SMILES string of the molecule is CC1(c2ccccc2)NC(=O)N(c2ccccc2F)C1=O. The molecule has 1 saturated heterocycles. The van der Waals surface area contributed by atoms with Crippen molar-refractivity contribution in [1.29, 1.82) is 0 Å². The van der Waals surface area contributed by atoms with Gasteiger partial charge in [0.15, 0.2) is 0 Å². The molecular formula is C16H13FN2O2. The number of hydrogen-bond donors (Lipinski definition) is 1. The maximum Gasteiger partial charge on any atom is 0.330 e. The number of urea groups is 1. The molecule has 1 N–H and O–H groups in total. The molecule has 1 aliphatic rings. The average Bonchev–Trinajstić information content (AvgIpc) is 2.72. The van der Waals surface area contributed by atoms with Crippen LogP contribution in [0.2, 0.25) is 0 Å². The third-order valence-corrected chi connectivity index (χ3v) is 3.64. The van der Waals surface area contributed by atoms with Crippen LogP contribution in [-0.4, -0.2) is 11.9 Å². The first-order valence-corrected chi connectivity index (χ1v) is 6.51. The molecule has 5 heteroatoms. The number of rotatable bonds is 2. The Morgan fingerprint density at radius 1 is 1.00 bits per heavy atom. The van der Waals surface area contributed by atoms with Crippen LogP contribution in [0, 0.1) is 5.82 Å². The molecule has 2 aromatic rings. The third kappa shape index (κ3) is 1.98. The zero-order chi connectivity index (χ0) is 15.0. The summed E-state index contributed by atoms with van der Waals surface area (Å²) in [7, 11) is 0. The van der Waals surface area contributed by atoms with Gasteiger partial charge in [0.2, 0.25) is 0 Å². The molecule has 1 heterocycles. The second kappa shape index (κ2) is 4.70. The molecule has 0 bridgehead atoms. The predicted molar refractivity (Wildman–Crippen MR) is 76.2 cm³/mol. The Kier molecular flexibility index (Phi) is 2.97. The fourth-order valence-corrected chi connectivity index (χ4v) is 2.46. The normalized spacial score (nSPS) is 21.5. The molecule has 0 aromatic heterocycles. The van der Waals surface area contributed by atoms with E-state index in [1.54, 1.807) is 37.3 Å². The molecule has 3 amide bonds. The fourth-order valence-electron chi connectivity index (χ4n) is 2.46. The smallest absolute Gasteiger partial charge is 0.319 e. The molecular weight excluding hydrogens is 271 g/mol. The number of para-hydroxylation sites is 1. The lowest BCUT2D eigenvalue weighted by atomic mass is 9.92. The molecule has 2 aromatic carbocycles. The number of nitrogens with zero attached hydrogens (tertiary/aromatic N) is 1. The van der Waals surface area contributed by atoms with Gasteiger partial charge in [-0.05, 0) is 24.6 Å². The number of carbonyl (C=O) groups is 2. The van der Waals surface area contributed by atoms with Crippen LogP contribution in [0.25, 0.3) is 0 Å². The van der Waals surface area contributed by atoms with Crippen LogP contribution in [0.4, 0.5) is 14.9 Å². The lowest BCUT2D eigenvalue weighted by Gasteiger charge is -2.22. The van der Waals surface area contributed by atoms with Crippen LogP contribution in [0.15, 0.2) is 54.6 Å². The number of halogens is 1. The van der Waals surface area contributed by atoms with Crippen molar-refractivity contribution >= 4 is 17.6 Å². The number of nitrogens with one attached hydrogen (secondary N) is 1. The standard InChI is InChI=1S/C16H13FN2O2/c1-16(11-7-3-2-4-8-11)14(20)19(15(21)18-16)13-10-6-5-9-12(13)17/h2-10H,1H3,(H,18,21). The van der Waals surface area contributed by atoms with E-state index in [1.165, 1.54) is 18.2 Å².